The van der Waals surface area contributed by atoms with E-state index in [-0.39, 0.29) is 24.4 Å². The van der Waals surface area contributed by atoms with Crippen LogP contribution in [-0.4, -0.2) is 18.5 Å². The van der Waals surface area contributed by atoms with Gasteiger partial charge >= 0.3 is 5.97 Å². The topological polar surface area (TPSA) is 55.4 Å². The highest BCUT2D eigenvalue weighted by Gasteiger charge is 2.25. The first-order chi connectivity index (χ1) is 11.6. The standard InChI is InChI=1S/C20H21NO3/c1-14-5-4-7-17(11-14)21-19(22)13-24-20(23)12-16-10-9-15-6-2-3-8-18(15)16/h2-8,11,16H,9-10,12-13H2,1H3,(H,21,22). The molecule has 0 radical (unpaired) electrons. The third-order valence-corrected chi connectivity index (χ3v) is 4.34. The average molecular weight is 323 g/mol. The summed E-state index contributed by atoms with van der Waals surface area (Å²) >= 11 is 0. The first kappa shape index (κ1) is 16.2. The molecule has 1 N–H and O–H groups in total. The Balaban J connectivity index is 1.47. The summed E-state index contributed by atoms with van der Waals surface area (Å²) in [6.07, 6.45) is 2.29. The molecule has 0 fully saturated rings. The van der Waals surface area contributed by atoms with Crippen molar-refractivity contribution in [1.82, 2.24) is 0 Å². The Bertz CT molecular complexity index is 754. The van der Waals surface area contributed by atoms with E-state index in [2.05, 4.69) is 17.4 Å². The van der Waals surface area contributed by atoms with Crippen LogP contribution in [0.4, 0.5) is 5.69 Å². The second-order valence-corrected chi connectivity index (χ2v) is 6.22. The van der Waals surface area contributed by atoms with Gasteiger partial charge in [0.25, 0.3) is 5.91 Å². The molecule has 0 saturated heterocycles. The van der Waals surface area contributed by atoms with Crippen LogP contribution in [0.1, 0.15) is 35.4 Å². The van der Waals surface area contributed by atoms with E-state index in [0.29, 0.717) is 12.1 Å². The van der Waals surface area contributed by atoms with Crippen LogP contribution in [0.25, 0.3) is 0 Å². The minimum atomic E-state index is -0.323. The lowest BCUT2D eigenvalue weighted by molar-refractivity contribution is -0.147. The smallest absolute Gasteiger partial charge is 0.306 e. The zero-order valence-electron chi connectivity index (χ0n) is 13.7. The quantitative estimate of drug-likeness (QED) is 0.855. The Morgan fingerprint density at radius 1 is 1.17 bits per heavy atom. The average Bonchev–Trinajstić information content (AvgIpc) is 2.96. The zero-order chi connectivity index (χ0) is 16.9. The number of amides is 1. The number of aryl methyl sites for hydroxylation is 2. The third-order valence-electron chi connectivity index (χ3n) is 4.34. The van der Waals surface area contributed by atoms with Crippen molar-refractivity contribution in [2.75, 3.05) is 11.9 Å². The number of carbonyl (C=O) groups excluding carboxylic acids is 2. The minimum Gasteiger partial charge on any atom is -0.456 e. The van der Waals surface area contributed by atoms with Gasteiger partial charge in [0.2, 0.25) is 0 Å². The van der Waals surface area contributed by atoms with Crippen LogP contribution in [0.5, 0.6) is 0 Å². The predicted molar refractivity (Wildman–Crippen MR) is 92.9 cm³/mol. The van der Waals surface area contributed by atoms with Crippen molar-refractivity contribution in [3.8, 4) is 0 Å². The van der Waals surface area contributed by atoms with Crippen molar-refractivity contribution in [2.24, 2.45) is 0 Å². The largest absolute Gasteiger partial charge is 0.456 e. The van der Waals surface area contributed by atoms with Gasteiger partial charge in [-0.3, -0.25) is 9.59 Å². The lowest BCUT2D eigenvalue weighted by Crippen LogP contribution is -2.21. The van der Waals surface area contributed by atoms with Gasteiger partial charge < -0.3 is 10.1 Å². The lowest BCUT2D eigenvalue weighted by atomic mass is 9.98. The highest BCUT2D eigenvalue weighted by Crippen LogP contribution is 2.35. The summed E-state index contributed by atoms with van der Waals surface area (Å²) in [5.41, 5.74) is 4.32. The summed E-state index contributed by atoms with van der Waals surface area (Å²) in [5.74, 6) is -0.439. The fourth-order valence-corrected chi connectivity index (χ4v) is 3.18. The van der Waals surface area contributed by atoms with Crippen molar-refractivity contribution in [2.45, 2.75) is 32.1 Å². The van der Waals surface area contributed by atoms with E-state index in [1.165, 1.54) is 11.1 Å². The molecular formula is C20H21NO3. The molecule has 4 heteroatoms. The van der Waals surface area contributed by atoms with Gasteiger partial charge in [-0.05, 0) is 54.5 Å². The summed E-state index contributed by atoms with van der Waals surface area (Å²) in [5, 5.41) is 2.73. The number of carbonyl (C=O) groups is 2. The van der Waals surface area contributed by atoms with E-state index >= 15 is 0 Å². The van der Waals surface area contributed by atoms with E-state index < -0.39 is 0 Å². The van der Waals surface area contributed by atoms with Gasteiger partial charge in [-0.25, -0.2) is 0 Å². The van der Waals surface area contributed by atoms with E-state index in [4.69, 9.17) is 4.74 Å². The van der Waals surface area contributed by atoms with Crippen molar-refractivity contribution in [3.63, 3.8) is 0 Å². The van der Waals surface area contributed by atoms with Gasteiger partial charge in [0.1, 0.15) is 0 Å². The highest BCUT2D eigenvalue weighted by molar-refractivity contribution is 5.92. The summed E-state index contributed by atoms with van der Waals surface area (Å²) in [6, 6.07) is 15.7. The Labute approximate surface area is 141 Å². The van der Waals surface area contributed by atoms with Gasteiger partial charge in [0.05, 0.1) is 6.42 Å². The molecule has 0 saturated carbocycles. The van der Waals surface area contributed by atoms with Crippen LogP contribution < -0.4 is 5.32 Å². The van der Waals surface area contributed by atoms with E-state index in [1.807, 2.05) is 43.3 Å². The maximum Gasteiger partial charge on any atom is 0.306 e. The molecule has 4 nitrogen and oxygen atoms in total. The van der Waals surface area contributed by atoms with Crippen LogP contribution in [-0.2, 0) is 20.7 Å². The van der Waals surface area contributed by atoms with Crippen molar-refractivity contribution < 1.29 is 14.3 Å². The second kappa shape index (κ2) is 7.30. The Kier molecular flexibility index (Phi) is 4.94. The van der Waals surface area contributed by atoms with Gasteiger partial charge in [-0.1, -0.05) is 36.4 Å². The number of ether oxygens (including phenoxy) is 1. The predicted octanol–water partition coefficient (Wildman–Crippen LogP) is 3.60. The monoisotopic (exact) mass is 323 g/mol. The third kappa shape index (κ3) is 4.02. The SMILES string of the molecule is Cc1cccc(NC(=O)COC(=O)CC2CCc3ccccc32)c1. The maximum atomic E-state index is 12.0. The minimum absolute atomic E-state index is 0.202. The number of anilines is 1. The van der Waals surface area contributed by atoms with Crippen LogP contribution >= 0.6 is 0 Å². The fourth-order valence-electron chi connectivity index (χ4n) is 3.18. The molecule has 0 heterocycles. The number of benzene rings is 2. The zero-order valence-corrected chi connectivity index (χ0v) is 13.7. The number of rotatable bonds is 5. The molecule has 2 aromatic carbocycles. The van der Waals surface area contributed by atoms with Crippen LogP contribution in [0.2, 0.25) is 0 Å². The first-order valence-corrected chi connectivity index (χ1v) is 8.22. The molecule has 24 heavy (non-hydrogen) atoms. The first-order valence-electron chi connectivity index (χ1n) is 8.22. The fraction of sp³-hybridized carbons (Fsp3) is 0.300. The molecular weight excluding hydrogens is 302 g/mol. The maximum absolute atomic E-state index is 12.0. The normalized spacial score (nSPS) is 15.6. The molecule has 0 bridgehead atoms. The van der Waals surface area contributed by atoms with Crippen LogP contribution in [0, 0.1) is 6.92 Å². The van der Waals surface area contributed by atoms with E-state index in [9.17, 15) is 9.59 Å². The van der Waals surface area contributed by atoms with Crippen LogP contribution in [0.15, 0.2) is 48.5 Å². The van der Waals surface area contributed by atoms with Gasteiger partial charge in [0, 0.05) is 5.69 Å². The summed E-state index contributed by atoms with van der Waals surface area (Å²) in [4.78, 5) is 23.9. The second-order valence-electron chi connectivity index (χ2n) is 6.22. The molecule has 1 amide bonds. The number of hydrogen-bond acceptors (Lipinski definition) is 3. The summed E-state index contributed by atoms with van der Waals surface area (Å²) in [6.45, 7) is 1.70. The molecule has 0 aliphatic heterocycles. The molecule has 2 aromatic rings. The van der Waals surface area contributed by atoms with Crippen molar-refractivity contribution in [1.29, 1.82) is 0 Å². The molecule has 124 valence electrons. The molecule has 0 aromatic heterocycles. The Morgan fingerprint density at radius 2 is 2.00 bits per heavy atom. The Hall–Kier alpha value is -2.62. The molecule has 3 rings (SSSR count). The summed E-state index contributed by atoms with van der Waals surface area (Å²) < 4.78 is 5.13. The van der Waals surface area contributed by atoms with E-state index in [0.717, 1.165) is 18.4 Å². The van der Waals surface area contributed by atoms with Crippen molar-refractivity contribution >= 4 is 17.6 Å². The molecule has 1 unspecified atom stereocenters. The Morgan fingerprint density at radius 3 is 2.83 bits per heavy atom. The van der Waals surface area contributed by atoms with Crippen LogP contribution in [0.3, 0.4) is 0 Å². The van der Waals surface area contributed by atoms with Crippen molar-refractivity contribution in [3.05, 3.63) is 65.2 Å². The molecule has 1 aliphatic rings. The lowest BCUT2D eigenvalue weighted by Gasteiger charge is -2.11. The number of fused-ring (bicyclic) bond motifs is 1. The molecule has 1 atom stereocenters. The number of nitrogens with one attached hydrogen (secondary N) is 1. The number of hydrogen-bond donors (Lipinski definition) is 1. The summed E-state index contributed by atoms with van der Waals surface area (Å²) in [7, 11) is 0. The highest BCUT2D eigenvalue weighted by atomic mass is 16.5. The molecule has 0 spiro atoms. The molecule has 1 aliphatic carbocycles. The number of esters is 1. The van der Waals surface area contributed by atoms with E-state index in [1.54, 1.807) is 0 Å². The van der Waals surface area contributed by atoms with Gasteiger partial charge in [0.15, 0.2) is 6.61 Å². The van der Waals surface area contributed by atoms with Gasteiger partial charge in [-0.2, -0.15) is 0 Å². The van der Waals surface area contributed by atoms with Gasteiger partial charge in [-0.15, -0.1) is 0 Å².